The van der Waals surface area contributed by atoms with Gasteiger partial charge in [0.25, 0.3) is 0 Å². The van der Waals surface area contributed by atoms with Gasteiger partial charge in [0.05, 0.1) is 16.9 Å². The number of thioether (sulfide) groups is 1. The van der Waals surface area contributed by atoms with Crippen molar-refractivity contribution in [1.82, 2.24) is 15.6 Å². The lowest BCUT2D eigenvalue weighted by Crippen LogP contribution is -2.45. The number of amides is 3. The van der Waals surface area contributed by atoms with Gasteiger partial charge in [-0.15, -0.1) is 0 Å². The average Bonchev–Trinajstić information content (AvgIpc) is 2.59. The third-order valence-electron chi connectivity index (χ3n) is 4.06. The number of aromatic nitrogens is 1. The van der Waals surface area contributed by atoms with Crippen LogP contribution in [-0.2, 0) is 11.0 Å². The van der Waals surface area contributed by atoms with E-state index in [-0.39, 0.29) is 22.5 Å². The van der Waals surface area contributed by atoms with E-state index in [9.17, 15) is 22.8 Å². The first-order chi connectivity index (χ1) is 12.7. The number of carbonyl (C=O) groups is 2. The van der Waals surface area contributed by atoms with E-state index >= 15 is 0 Å². The molecule has 2 N–H and O–H groups in total. The Balaban J connectivity index is 1.97. The van der Waals surface area contributed by atoms with Gasteiger partial charge in [0.2, 0.25) is 5.91 Å². The minimum atomic E-state index is -4.70. The van der Waals surface area contributed by atoms with Crippen LogP contribution in [0.15, 0.2) is 11.1 Å². The van der Waals surface area contributed by atoms with E-state index in [4.69, 9.17) is 5.26 Å². The van der Waals surface area contributed by atoms with E-state index in [1.54, 1.807) is 0 Å². The minimum Gasteiger partial charge on any atom is -0.335 e. The summed E-state index contributed by atoms with van der Waals surface area (Å²) in [6, 6.07) is 1.70. The largest absolute Gasteiger partial charge is 0.417 e. The van der Waals surface area contributed by atoms with Crippen LogP contribution in [0.2, 0.25) is 0 Å². The molecular formula is C17H19F3N4O2S. The zero-order chi connectivity index (χ0) is 20.0. The zero-order valence-electron chi connectivity index (χ0n) is 14.7. The van der Waals surface area contributed by atoms with Crippen molar-refractivity contribution in [3.05, 3.63) is 22.9 Å². The molecule has 1 saturated carbocycles. The average molecular weight is 400 g/mol. The molecule has 1 fully saturated rings. The predicted octanol–water partition coefficient (Wildman–Crippen LogP) is 3.53. The number of rotatable bonds is 4. The van der Waals surface area contributed by atoms with Crippen LogP contribution in [0.3, 0.4) is 0 Å². The molecule has 2 rings (SSSR count). The van der Waals surface area contributed by atoms with Gasteiger partial charge in [-0.2, -0.15) is 18.4 Å². The molecule has 0 spiro atoms. The molecule has 3 amide bonds. The fourth-order valence-electron chi connectivity index (χ4n) is 2.85. The minimum absolute atomic E-state index is 0.0252. The van der Waals surface area contributed by atoms with Gasteiger partial charge in [0, 0.05) is 11.7 Å². The van der Waals surface area contributed by atoms with E-state index in [0.29, 0.717) is 11.8 Å². The molecule has 1 heterocycles. The summed E-state index contributed by atoms with van der Waals surface area (Å²) in [5.41, 5.74) is -1.63. The second kappa shape index (κ2) is 9.08. The monoisotopic (exact) mass is 400 g/mol. The van der Waals surface area contributed by atoms with Crippen molar-refractivity contribution < 1.29 is 22.8 Å². The lowest BCUT2D eigenvalue weighted by Gasteiger charge is -2.22. The summed E-state index contributed by atoms with van der Waals surface area (Å²) in [6.45, 7) is 1.37. The summed E-state index contributed by atoms with van der Waals surface area (Å²) >= 11 is 0.687. The fraction of sp³-hybridized carbons (Fsp3) is 0.529. The van der Waals surface area contributed by atoms with Gasteiger partial charge in [-0.25, -0.2) is 9.78 Å². The van der Waals surface area contributed by atoms with Gasteiger partial charge in [-0.05, 0) is 25.8 Å². The Kier molecular flexibility index (Phi) is 7.07. The number of hydrogen-bond acceptors (Lipinski definition) is 5. The SMILES string of the molecule is Cc1cc(C(F)(F)F)c(C#N)c(SCC(=O)NC(=O)NC2CCCCC2)n1. The summed E-state index contributed by atoms with van der Waals surface area (Å²) < 4.78 is 39.2. The van der Waals surface area contributed by atoms with Gasteiger partial charge in [0.15, 0.2) is 0 Å². The normalized spacial score (nSPS) is 15.1. The quantitative estimate of drug-likeness (QED) is 0.754. The number of urea groups is 1. The van der Waals surface area contributed by atoms with Crippen LogP contribution in [0.1, 0.15) is 48.9 Å². The van der Waals surface area contributed by atoms with Crippen LogP contribution in [0, 0.1) is 18.3 Å². The van der Waals surface area contributed by atoms with Gasteiger partial charge in [-0.1, -0.05) is 31.0 Å². The van der Waals surface area contributed by atoms with E-state index in [0.717, 1.165) is 38.2 Å². The number of carbonyl (C=O) groups excluding carboxylic acids is 2. The second-order valence-corrected chi connectivity index (χ2v) is 7.21. The van der Waals surface area contributed by atoms with Crippen LogP contribution in [0.5, 0.6) is 0 Å². The van der Waals surface area contributed by atoms with Gasteiger partial charge >= 0.3 is 12.2 Å². The summed E-state index contributed by atoms with van der Waals surface area (Å²) in [7, 11) is 0. The summed E-state index contributed by atoms with van der Waals surface area (Å²) in [5.74, 6) is -1.00. The Labute approximate surface area is 158 Å². The molecule has 1 aliphatic carbocycles. The maximum absolute atomic E-state index is 13.1. The van der Waals surface area contributed by atoms with Crippen molar-refractivity contribution in [3.63, 3.8) is 0 Å². The second-order valence-electron chi connectivity index (χ2n) is 6.25. The van der Waals surface area contributed by atoms with Crippen LogP contribution >= 0.6 is 11.8 Å². The van der Waals surface area contributed by atoms with Gasteiger partial charge in [-0.3, -0.25) is 10.1 Å². The van der Waals surface area contributed by atoms with Crippen molar-refractivity contribution in [1.29, 1.82) is 5.26 Å². The Morgan fingerprint density at radius 3 is 2.59 bits per heavy atom. The number of imide groups is 1. The van der Waals surface area contributed by atoms with Crippen LogP contribution in [0.25, 0.3) is 0 Å². The number of nitriles is 1. The fourth-order valence-corrected chi connectivity index (χ4v) is 3.69. The number of halogens is 3. The van der Waals surface area contributed by atoms with Crippen molar-refractivity contribution in [2.24, 2.45) is 0 Å². The van der Waals surface area contributed by atoms with Crippen molar-refractivity contribution in [2.75, 3.05) is 5.75 Å². The smallest absolute Gasteiger partial charge is 0.335 e. The third-order valence-corrected chi connectivity index (χ3v) is 5.04. The summed E-state index contributed by atoms with van der Waals surface area (Å²) in [6.07, 6.45) is 0.180. The first kappa shape index (κ1) is 21.0. The highest BCUT2D eigenvalue weighted by molar-refractivity contribution is 8.00. The third kappa shape index (κ3) is 6.13. The van der Waals surface area contributed by atoms with Crippen LogP contribution in [-0.4, -0.2) is 28.7 Å². The van der Waals surface area contributed by atoms with E-state index < -0.39 is 29.2 Å². The molecular weight excluding hydrogens is 381 g/mol. The highest BCUT2D eigenvalue weighted by Crippen LogP contribution is 2.35. The van der Waals surface area contributed by atoms with Gasteiger partial charge in [0.1, 0.15) is 11.1 Å². The molecule has 27 heavy (non-hydrogen) atoms. The Morgan fingerprint density at radius 1 is 1.33 bits per heavy atom. The van der Waals surface area contributed by atoms with Crippen LogP contribution in [0.4, 0.5) is 18.0 Å². The maximum Gasteiger partial charge on any atom is 0.417 e. The highest BCUT2D eigenvalue weighted by Gasteiger charge is 2.35. The molecule has 0 bridgehead atoms. The Morgan fingerprint density at radius 2 is 2.00 bits per heavy atom. The first-order valence-electron chi connectivity index (χ1n) is 8.42. The van der Waals surface area contributed by atoms with Crippen LogP contribution < -0.4 is 10.6 Å². The molecule has 0 atom stereocenters. The lowest BCUT2D eigenvalue weighted by molar-refractivity contribution is -0.138. The van der Waals surface area contributed by atoms with E-state index in [1.165, 1.54) is 13.0 Å². The van der Waals surface area contributed by atoms with E-state index in [2.05, 4.69) is 15.6 Å². The molecule has 1 aromatic rings. The predicted molar refractivity (Wildman–Crippen MR) is 93.0 cm³/mol. The van der Waals surface area contributed by atoms with Gasteiger partial charge < -0.3 is 5.32 Å². The number of aryl methyl sites for hydroxylation is 1. The molecule has 0 unspecified atom stereocenters. The zero-order valence-corrected chi connectivity index (χ0v) is 15.5. The molecule has 6 nitrogen and oxygen atoms in total. The molecule has 10 heteroatoms. The molecule has 0 aliphatic heterocycles. The molecule has 1 aliphatic rings. The Hall–Kier alpha value is -2.28. The number of pyridine rings is 1. The molecule has 0 aromatic carbocycles. The number of hydrogen-bond donors (Lipinski definition) is 2. The highest BCUT2D eigenvalue weighted by atomic mass is 32.2. The number of nitrogens with one attached hydrogen (secondary N) is 2. The first-order valence-corrected chi connectivity index (χ1v) is 9.41. The molecule has 0 saturated heterocycles. The van der Waals surface area contributed by atoms with Crippen molar-refractivity contribution in [3.8, 4) is 6.07 Å². The van der Waals surface area contributed by atoms with Crippen molar-refractivity contribution in [2.45, 2.75) is 56.3 Å². The lowest BCUT2D eigenvalue weighted by atomic mass is 9.96. The molecule has 1 aromatic heterocycles. The molecule has 0 radical (unpaired) electrons. The topological polar surface area (TPSA) is 94.9 Å². The Bertz CT molecular complexity index is 756. The van der Waals surface area contributed by atoms with Crippen molar-refractivity contribution >= 4 is 23.7 Å². The molecule has 146 valence electrons. The number of alkyl halides is 3. The maximum atomic E-state index is 13.1. The number of nitrogens with zero attached hydrogens (tertiary/aromatic N) is 2. The van der Waals surface area contributed by atoms with E-state index in [1.807, 2.05) is 0 Å². The summed E-state index contributed by atoms with van der Waals surface area (Å²) in [5, 5.41) is 13.8. The standard InChI is InChI=1S/C17H19F3N4O2S/c1-10-7-13(17(18,19)20)12(8-21)15(22-10)27-9-14(25)24-16(26)23-11-5-3-2-4-6-11/h7,11H,2-6,9H2,1H3,(H2,23,24,25,26). The summed E-state index contributed by atoms with van der Waals surface area (Å²) in [4.78, 5) is 27.7.